The van der Waals surface area contributed by atoms with Crippen LogP contribution in [0.5, 0.6) is 11.5 Å². The van der Waals surface area contributed by atoms with Crippen LogP contribution >= 0.6 is 0 Å². The zero-order chi connectivity index (χ0) is 19.6. The van der Waals surface area contributed by atoms with Crippen molar-refractivity contribution in [3.63, 3.8) is 0 Å². The number of benzene rings is 2. The van der Waals surface area contributed by atoms with E-state index >= 15 is 0 Å². The van der Waals surface area contributed by atoms with Crippen molar-refractivity contribution in [2.75, 3.05) is 13.2 Å². The van der Waals surface area contributed by atoms with Crippen LogP contribution in [0.25, 0.3) is 11.3 Å². The Morgan fingerprint density at radius 2 is 1.82 bits per heavy atom. The van der Waals surface area contributed by atoms with Crippen LogP contribution < -0.4 is 10.1 Å². The molecule has 1 amide bonds. The largest absolute Gasteiger partial charge is 0.457 e. The Bertz CT molecular complexity index is 860. The predicted octanol–water partition coefficient (Wildman–Crippen LogP) is 4.94. The first kappa shape index (κ1) is 19.5. The lowest BCUT2D eigenvalue weighted by Gasteiger charge is -2.06. The standard InChI is InChI=1S/C22H25N3O3/c1-2-3-15-27-22(26)23-14-13-21-24-16-20(25-21)17-9-11-19(12-10-17)28-18-7-5-4-6-8-18/h4-12,16H,2-3,13-15H2,1H3,(H,23,26)(H,24,25). The van der Waals surface area contributed by atoms with Gasteiger partial charge in [0.25, 0.3) is 0 Å². The van der Waals surface area contributed by atoms with Crippen LogP contribution in [-0.2, 0) is 11.2 Å². The molecule has 0 aliphatic rings. The molecule has 1 heterocycles. The van der Waals surface area contributed by atoms with Crippen LogP contribution in [0.1, 0.15) is 25.6 Å². The second-order valence-corrected chi connectivity index (χ2v) is 6.34. The summed E-state index contributed by atoms with van der Waals surface area (Å²) in [7, 11) is 0. The molecule has 2 N–H and O–H groups in total. The van der Waals surface area contributed by atoms with Crippen LogP contribution in [0, 0.1) is 0 Å². The highest BCUT2D eigenvalue weighted by atomic mass is 16.5. The van der Waals surface area contributed by atoms with Crippen molar-refractivity contribution in [2.45, 2.75) is 26.2 Å². The Kier molecular flexibility index (Phi) is 7.07. The van der Waals surface area contributed by atoms with Gasteiger partial charge in [-0.3, -0.25) is 0 Å². The van der Waals surface area contributed by atoms with Crippen LogP contribution in [0.2, 0.25) is 0 Å². The number of nitrogens with zero attached hydrogens (tertiary/aromatic N) is 1. The SMILES string of the molecule is CCCCOC(=O)NCCc1nc(-c2ccc(Oc3ccccc3)cc2)c[nH]1. The van der Waals surface area contributed by atoms with E-state index in [0.29, 0.717) is 19.6 Å². The summed E-state index contributed by atoms with van der Waals surface area (Å²) < 4.78 is 10.9. The van der Waals surface area contributed by atoms with Gasteiger partial charge in [0.2, 0.25) is 0 Å². The van der Waals surface area contributed by atoms with Gasteiger partial charge < -0.3 is 19.8 Å². The van der Waals surface area contributed by atoms with Gasteiger partial charge in [-0.05, 0) is 42.8 Å². The molecule has 0 saturated carbocycles. The number of amides is 1. The number of para-hydroxylation sites is 1. The molecule has 0 bridgehead atoms. The average molecular weight is 379 g/mol. The number of ether oxygens (including phenoxy) is 2. The molecule has 6 nitrogen and oxygen atoms in total. The third kappa shape index (κ3) is 5.87. The molecule has 0 fully saturated rings. The highest BCUT2D eigenvalue weighted by Crippen LogP contribution is 2.24. The predicted molar refractivity (Wildman–Crippen MR) is 109 cm³/mol. The van der Waals surface area contributed by atoms with E-state index in [1.54, 1.807) is 0 Å². The van der Waals surface area contributed by atoms with Crippen molar-refractivity contribution >= 4 is 6.09 Å². The number of hydrogen-bond donors (Lipinski definition) is 2. The van der Waals surface area contributed by atoms with Crippen molar-refractivity contribution in [3.8, 4) is 22.8 Å². The first-order chi connectivity index (χ1) is 13.7. The lowest BCUT2D eigenvalue weighted by molar-refractivity contribution is 0.144. The van der Waals surface area contributed by atoms with Gasteiger partial charge in [0.15, 0.2) is 0 Å². The van der Waals surface area contributed by atoms with Crippen LogP contribution in [0.3, 0.4) is 0 Å². The maximum absolute atomic E-state index is 11.5. The number of H-pyrrole nitrogens is 1. The Labute approximate surface area is 164 Å². The Balaban J connectivity index is 1.49. The molecule has 28 heavy (non-hydrogen) atoms. The molecule has 0 atom stereocenters. The highest BCUT2D eigenvalue weighted by Gasteiger charge is 2.06. The second kappa shape index (κ2) is 10.2. The van der Waals surface area contributed by atoms with Crippen LogP contribution in [0.15, 0.2) is 60.8 Å². The summed E-state index contributed by atoms with van der Waals surface area (Å²) in [5, 5.41) is 2.73. The van der Waals surface area contributed by atoms with Crippen LogP contribution in [-0.4, -0.2) is 29.2 Å². The van der Waals surface area contributed by atoms with Gasteiger partial charge >= 0.3 is 6.09 Å². The van der Waals surface area contributed by atoms with E-state index in [1.165, 1.54) is 0 Å². The van der Waals surface area contributed by atoms with Crippen molar-refractivity contribution < 1.29 is 14.3 Å². The number of rotatable bonds is 9. The summed E-state index contributed by atoms with van der Waals surface area (Å²) in [5.74, 6) is 2.39. The van der Waals surface area contributed by atoms with Crippen molar-refractivity contribution in [1.29, 1.82) is 0 Å². The van der Waals surface area contributed by atoms with E-state index in [2.05, 4.69) is 22.2 Å². The molecule has 1 aromatic heterocycles. The number of nitrogens with one attached hydrogen (secondary N) is 2. The molecule has 2 aromatic carbocycles. The first-order valence-electron chi connectivity index (χ1n) is 9.53. The average Bonchev–Trinajstić information content (AvgIpc) is 3.18. The summed E-state index contributed by atoms with van der Waals surface area (Å²) in [6.45, 7) is 2.98. The molecule has 146 valence electrons. The van der Waals surface area contributed by atoms with E-state index in [4.69, 9.17) is 9.47 Å². The van der Waals surface area contributed by atoms with Crippen molar-refractivity contribution in [2.24, 2.45) is 0 Å². The Morgan fingerprint density at radius 1 is 1.07 bits per heavy atom. The Hall–Kier alpha value is -3.28. The fourth-order valence-electron chi connectivity index (χ4n) is 2.60. The number of carbonyl (C=O) groups excluding carboxylic acids is 1. The molecule has 0 aliphatic heterocycles. The smallest absolute Gasteiger partial charge is 0.407 e. The fourth-order valence-corrected chi connectivity index (χ4v) is 2.60. The maximum Gasteiger partial charge on any atom is 0.407 e. The number of hydrogen-bond acceptors (Lipinski definition) is 4. The molecule has 0 unspecified atom stereocenters. The third-order valence-corrected chi connectivity index (χ3v) is 4.12. The van der Waals surface area contributed by atoms with E-state index < -0.39 is 0 Å². The molecule has 0 spiro atoms. The number of aromatic amines is 1. The number of aromatic nitrogens is 2. The quantitative estimate of drug-likeness (QED) is 0.517. The normalized spacial score (nSPS) is 10.5. The van der Waals surface area contributed by atoms with E-state index in [-0.39, 0.29) is 6.09 Å². The zero-order valence-corrected chi connectivity index (χ0v) is 16.0. The van der Waals surface area contributed by atoms with Gasteiger partial charge in [0, 0.05) is 24.7 Å². The molecule has 0 radical (unpaired) electrons. The van der Waals surface area contributed by atoms with E-state index in [1.807, 2.05) is 60.8 Å². The number of unbranched alkanes of at least 4 members (excludes halogenated alkanes) is 1. The summed E-state index contributed by atoms with van der Waals surface area (Å²) in [4.78, 5) is 19.3. The lowest BCUT2D eigenvalue weighted by Crippen LogP contribution is -2.27. The van der Waals surface area contributed by atoms with Gasteiger partial charge in [0.1, 0.15) is 17.3 Å². The van der Waals surface area contributed by atoms with Crippen molar-refractivity contribution in [3.05, 3.63) is 66.6 Å². The minimum Gasteiger partial charge on any atom is -0.457 e. The van der Waals surface area contributed by atoms with Gasteiger partial charge in [-0.25, -0.2) is 9.78 Å². The molecule has 6 heteroatoms. The topological polar surface area (TPSA) is 76.2 Å². The minimum atomic E-state index is -0.380. The number of alkyl carbamates (subject to hydrolysis) is 1. The minimum absolute atomic E-state index is 0.380. The van der Waals surface area contributed by atoms with E-state index in [0.717, 1.165) is 41.4 Å². The molecule has 3 aromatic rings. The maximum atomic E-state index is 11.5. The molecular weight excluding hydrogens is 354 g/mol. The van der Waals surface area contributed by atoms with E-state index in [9.17, 15) is 4.79 Å². The lowest BCUT2D eigenvalue weighted by atomic mass is 10.1. The number of imidazole rings is 1. The zero-order valence-electron chi connectivity index (χ0n) is 16.0. The summed E-state index contributed by atoms with van der Waals surface area (Å²) in [6, 6.07) is 17.5. The second-order valence-electron chi connectivity index (χ2n) is 6.34. The molecular formula is C22H25N3O3. The fraction of sp³-hybridized carbons (Fsp3) is 0.273. The van der Waals surface area contributed by atoms with Crippen LogP contribution in [0.4, 0.5) is 4.79 Å². The third-order valence-electron chi connectivity index (χ3n) is 4.12. The van der Waals surface area contributed by atoms with Gasteiger partial charge in [-0.1, -0.05) is 31.5 Å². The summed E-state index contributed by atoms with van der Waals surface area (Å²) >= 11 is 0. The van der Waals surface area contributed by atoms with Gasteiger partial charge in [0.05, 0.1) is 12.3 Å². The molecule has 0 aliphatic carbocycles. The number of carbonyl (C=O) groups is 1. The summed E-state index contributed by atoms with van der Waals surface area (Å²) in [5.41, 5.74) is 1.85. The van der Waals surface area contributed by atoms with Gasteiger partial charge in [-0.2, -0.15) is 0 Å². The summed E-state index contributed by atoms with van der Waals surface area (Å²) in [6.07, 6.45) is 3.97. The molecule has 3 rings (SSSR count). The first-order valence-corrected chi connectivity index (χ1v) is 9.53. The van der Waals surface area contributed by atoms with Gasteiger partial charge in [-0.15, -0.1) is 0 Å². The monoisotopic (exact) mass is 379 g/mol. The molecule has 0 saturated heterocycles. The van der Waals surface area contributed by atoms with Crippen molar-refractivity contribution in [1.82, 2.24) is 15.3 Å². The highest BCUT2D eigenvalue weighted by molar-refractivity contribution is 5.67. The Morgan fingerprint density at radius 3 is 2.57 bits per heavy atom.